The monoisotopic (exact) mass is 604 g/mol. The molecule has 3 N–H and O–H groups in total. The third-order valence-corrected chi connectivity index (χ3v) is 9.62. The number of hydrogen-bond acceptors (Lipinski definition) is 5. The van der Waals surface area contributed by atoms with Crippen molar-refractivity contribution in [2.45, 2.75) is 62.3 Å². The van der Waals surface area contributed by atoms with E-state index >= 15 is 0 Å². The van der Waals surface area contributed by atoms with Crippen molar-refractivity contribution in [1.82, 2.24) is 10.6 Å². The van der Waals surface area contributed by atoms with Crippen molar-refractivity contribution in [2.24, 2.45) is 0 Å². The van der Waals surface area contributed by atoms with E-state index in [2.05, 4.69) is 50.1 Å². The van der Waals surface area contributed by atoms with Crippen molar-refractivity contribution in [3.8, 4) is 5.75 Å². The Labute approximate surface area is 241 Å². The molecule has 3 aromatic carbocycles. The molecular weight excluding hydrogens is 572 g/mol. The highest BCUT2D eigenvalue weighted by atomic mass is 79.9. The quantitative estimate of drug-likeness (QED) is 0.209. The Balaban J connectivity index is 1.17. The van der Waals surface area contributed by atoms with Gasteiger partial charge in [-0.05, 0) is 71.8 Å². The maximum atomic E-state index is 13.2. The second-order valence-electron chi connectivity index (χ2n) is 10.9. The zero-order chi connectivity index (χ0) is 26.8. The first-order valence-electron chi connectivity index (χ1n) is 13.7. The normalized spacial score (nSPS) is 19.1. The second kappa shape index (κ2) is 11.4. The van der Waals surface area contributed by atoms with E-state index in [1.165, 1.54) is 11.1 Å². The van der Waals surface area contributed by atoms with E-state index in [9.17, 15) is 9.90 Å². The number of aliphatic hydroxyl groups excluding tert-OH is 1. The fraction of sp³-hybridized carbons (Fsp3) is 0.344. The van der Waals surface area contributed by atoms with Gasteiger partial charge in [0.25, 0.3) is 0 Å². The standard InChI is InChI=1S/C32H33BrN2O3S/c33-23-11-12-29-25(17-23)27(18-32(38-29)13-6-14-32)34-19-28(36)26(15-21-7-2-1-3-8-21)35-31(37)16-22-20-39-30-10-5-4-9-24(22)30/h1-5,7-12,17,20,26-28,34,36H,6,13-16,18-19H2,(H,35,37)/t26-,27-,28+/m0/s1. The number of hydrogen-bond donors (Lipinski definition) is 3. The summed E-state index contributed by atoms with van der Waals surface area (Å²) < 4.78 is 8.62. The number of carbonyl (C=O) groups is 1. The molecule has 1 saturated carbocycles. The SMILES string of the molecule is O=C(Cc1csc2ccccc12)N[C@@H](Cc1ccccc1)[C@H](O)CN[C@H]1CC2(CCC2)Oc2ccc(Br)cc21. The highest BCUT2D eigenvalue weighted by Gasteiger charge is 2.45. The third kappa shape index (κ3) is 5.92. The van der Waals surface area contributed by atoms with E-state index in [1.807, 2.05) is 54.6 Å². The zero-order valence-electron chi connectivity index (χ0n) is 21.7. The summed E-state index contributed by atoms with van der Waals surface area (Å²) in [5.41, 5.74) is 3.11. The van der Waals surface area contributed by atoms with Crippen molar-refractivity contribution in [3.63, 3.8) is 0 Å². The first-order chi connectivity index (χ1) is 19.0. The van der Waals surface area contributed by atoms with Gasteiger partial charge < -0.3 is 20.5 Å². The molecule has 7 heteroatoms. The second-order valence-corrected chi connectivity index (χ2v) is 12.7. The molecule has 0 radical (unpaired) electrons. The third-order valence-electron chi connectivity index (χ3n) is 8.11. The van der Waals surface area contributed by atoms with Gasteiger partial charge in [0.1, 0.15) is 11.4 Å². The van der Waals surface area contributed by atoms with Gasteiger partial charge in [-0.25, -0.2) is 0 Å². The molecule has 0 saturated heterocycles. The summed E-state index contributed by atoms with van der Waals surface area (Å²) >= 11 is 5.26. The van der Waals surface area contributed by atoms with E-state index < -0.39 is 12.1 Å². The van der Waals surface area contributed by atoms with E-state index in [4.69, 9.17) is 4.74 Å². The lowest BCUT2D eigenvalue weighted by molar-refractivity contribution is -0.122. The zero-order valence-corrected chi connectivity index (χ0v) is 24.1. The number of ether oxygens (including phenoxy) is 1. The molecule has 4 aromatic rings. The Kier molecular flexibility index (Phi) is 7.76. The fourth-order valence-corrected chi connectivity index (χ4v) is 7.20. The number of rotatable bonds is 9. The summed E-state index contributed by atoms with van der Waals surface area (Å²) in [7, 11) is 0. The number of amides is 1. The number of carbonyl (C=O) groups excluding carboxylic acids is 1. The van der Waals surface area contributed by atoms with Gasteiger partial charge in [-0.3, -0.25) is 4.79 Å². The van der Waals surface area contributed by atoms with Crippen molar-refractivity contribution >= 4 is 43.3 Å². The molecular formula is C32H33BrN2O3S. The number of benzene rings is 3. The lowest BCUT2D eigenvalue weighted by Crippen LogP contribution is -2.52. The van der Waals surface area contributed by atoms with Crippen molar-refractivity contribution in [2.75, 3.05) is 6.54 Å². The highest BCUT2D eigenvalue weighted by molar-refractivity contribution is 9.10. The summed E-state index contributed by atoms with van der Waals surface area (Å²) in [4.78, 5) is 13.2. The van der Waals surface area contributed by atoms with Gasteiger partial charge >= 0.3 is 0 Å². The van der Waals surface area contributed by atoms with Gasteiger partial charge in [-0.15, -0.1) is 11.3 Å². The Bertz CT molecular complexity index is 1450. The van der Waals surface area contributed by atoms with E-state index in [0.29, 0.717) is 19.4 Å². The van der Waals surface area contributed by atoms with Gasteiger partial charge in [0.15, 0.2) is 0 Å². The molecule has 1 aliphatic carbocycles. The number of thiophene rings is 1. The van der Waals surface area contributed by atoms with Gasteiger partial charge in [-0.1, -0.05) is 64.5 Å². The predicted molar refractivity (Wildman–Crippen MR) is 160 cm³/mol. The minimum atomic E-state index is -0.760. The smallest absolute Gasteiger partial charge is 0.224 e. The maximum Gasteiger partial charge on any atom is 0.224 e. The first-order valence-corrected chi connectivity index (χ1v) is 15.3. The van der Waals surface area contributed by atoms with Crippen molar-refractivity contribution in [3.05, 3.63) is 99.3 Å². The van der Waals surface area contributed by atoms with Crippen LogP contribution in [0.25, 0.3) is 10.1 Å². The molecule has 0 unspecified atom stereocenters. The Morgan fingerprint density at radius 3 is 2.69 bits per heavy atom. The fourth-order valence-electron chi connectivity index (χ4n) is 5.86. The molecule has 39 heavy (non-hydrogen) atoms. The van der Waals surface area contributed by atoms with Gasteiger partial charge in [0, 0.05) is 33.7 Å². The number of halogens is 1. The molecule has 5 nitrogen and oxygen atoms in total. The van der Waals surface area contributed by atoms with Gasteiger partial charge in [-0.2, -0.15) is 0 Å². The predicted octanol–water partition coefficient (Wildman–Crippen LogP) is 6.33. The Hall–Kier alpha value is -2.71. The Morgan fingerprint density at radius 1 is 1.10 bits per heavy atom. The molecule has 202 valence electrons. The molecule has 0 bridgehead atoms. The average molecular weight is 606 g/mol. The van der Waals surface area contributed by atoms with E-state index in [0.717, 1.165) is 51.6 Å². The minimum Gasteiger partial charge on any atom is -0.487 e. The molecule has 1 fully saturated rings. The molecule has 3 atom stereocenters. The topological polar surface area (TPSA) is 70.6 Å². The molecule has 1 aliphatic heterocycles. The van der Waals surface area contributed by atoms with Crippen molar-refractivity contribution < 1.29 is 14.6 Å². The van der Waals surface area contributed by atoms with Gasteiger partial charge in [0.2, 0.25) is 5.91 Å². The van der Waals surface area contributed by atoms with Crippen LogP contribution in [0.4, 0.5) is 0 Å². The molecule has 2 aliphatic rings. The lowest BCUT2D eigenvalue weighted by Gasteiger charge is -2.48. The molecule has 2 heterocycles. The van der Waals surface area contributed by atoms with Crippen LogP contribution in [-0.4, -0.2) is 35.3 Å². The summed E-state index contributed by atoms with van der Waals surface area (Å²) in [5, 5.41) is 21.4. The summed E-state index contributed by atoms with van der Waals surface area (Å²) in [5.74, 6) is 0.848. The van der Waals surface area contributed by atoms with E-state index in [-0.39, 0.29) is 17.6 Å². The summed E-state index contributed by atoms with van der Waals surface area (Å²) in [6.07, 6.45) is 4.28. The largest absolute Gasteiger partial charge is 0.487 e. The summed E-state index contributed by atoms with van der Waals surface area (Å²) in [6.45, 7) is 0.367. The van der Waals surface area contributed by atoms with Crippen LogP contribution in [0.15, 0.2) is 82.6 Å². The molecule has 1 spiro atoms. The lowest BCUT2D eigenvalue weighted by atomic mass is 9.73. The minimum absolute atomic E-state index is 0.0754. The average Bonchev–Trinajstić information content (AvgIpc) is 3.33. The molecule has 1 amide bonds. The molecule has 6 rings (SSSR count). The van der Waals surface area contributed by atoms with E-state index in [1.54, 1.807) is 11.3 Å². The van der Waals surface area contributed by atoms with Crippen LogP contribution in [0.3, 0.4) is 0 Å². The van der Waals surface area contributed by atoms with Crippen LogP contribution in [0.1, 0.15) is 48.4 Å². The first kappa shape index (κ1) is 26.5. The van der Waals surface area contributed by atoms with Crippen molar-refractivity contribution in [1.29, 1.82) is 0 Å². The molecule has 1 aromatic heterocycles. The van der Waals surface area contributed by atoms with Crippen LogP contribution >= 0.6 is 27.3 Å². The van der Waals surface area contributed by atoms with Crippen LogP contribution in [0, 0.1) is 0 Å². The number of nitrogens with one attached hydrogen (secondary N) is 2. The number of aliphatic hydroxyl groups is 1. The Morgan fingerprint density at radius 2 is 1.90 bits per heavy atom. The van der Waals surface area contributed by atoms with Crippen LogP contribution in [0.5, 0.6) is 5.75 Å². The van der Waals surface area contributed by atoms with Crippen LogP contribution < -0.4 is 15.4 Å². The highest BCUT2D eigenvalue weighted by Crippen LogP contribution is 2.49. The van der Waals surface area contributed by atoms with Gasteiger partial charge in [0.05, 0.1) is 18.6 Å². The van der Waals surface area contributed by atoms with Crippen LogP contribution in [0.2, 0.25) is 0 Å². The van der Waals surface area contributed by atoms with Crippen LogP contribution in [-0.2, 0) is 17.6 Å². The maximum absolute atomic E-state index is 13.2. The summed E-state index contributed by atoms with van der Waals surface area (Å²) in [6, 6.07) is 24.0. The number of fused-ring (bicyclic) bond motifs is 2.